The lowest BCUT2D eigenvalue weighted by Crippen LogP contribution is -2.30. The van der Waals surface area contributed by atoms with Gasteiger partial charge in [0.1, 0.15) is 5.70 Å². The van der Waals surface area contributed by atoms with Gasteiger partial charge >= 0.3 is 0 Å². The second-order valence-corrected chi connectivity index (χ2v) is 11.3. The minimum atomic E-state index is -0.523. The van der Waals surface area contributed by atoms with Crippen molar-refractivity contribution in [3.05, 3.63) is 135 Å². The molecule has 0 radical (unpaired) electrons. The molecule has 11 heteroatoms. The number of amides is 3. The van der Waals surface area contributed by atoms with E-state index in [-0.39, 0.29) is 17.3 Å². The number of nitrogens with zero attached hydrogens (tertiary/aromatic N) is 1. The molecule has 9 nitrogen and oxygen atoms in total. The number of thioether (sulfide) groups is 1. The second-order valence-electron chi connectivity index (χ2n) is 8.97. The smallest absolute Gasteiger partial charge is 0.272 e. The Morgan fingerprint density at radius 2 is 1.57 bits per heavy atom. The molecule has 0 heterocycles. The highest BCUT2D eigenvalue weighted by atomic mass is 79.9. The van der Waals surface area contributed by atoms with E-state index in [4.69, 9.17) is 0 Å². The first-order valence-corrected chi connectivity index (χ1v) is 14.3. The van der Waals surface area contributed by atoms with Crippen LogP contribution in [0, 0.1) is 10.1 Å². The number of nitro groups is 1. The molecule has 42 heavy (non-hydrogen) atoms. The minimum absolute atomic E-state index is 0.0517. The number of carbonyl (C=O) groups is 3. The fraction of sp³-hybridized carbons (Fsp3) is 0.0645. The summed E-state index contributed by atoms with van der Waals surface area (Å²) in [5, 5.41) is 18.6. The quantitative estimate of drug-likeness (QED) is 0.0746. The summed E-state index contributed by atoms with van der Waals surface area (Å²) in [6.45, 7) is 1.73. The molecule has 3 amide bonds. The predicted octanol–water partition coefficient (Wildman–Crippen LogP) is 6.89. The van der Waals surface area contributed by atoms with Crippen molar-refractivity contribution in [3.8, 4) is 0 Å². The van der Waals surface area contributed by atoms with Crippen LogP contribution in [0.4, 0.5) is 17.1 Å². The van der Waals surface area contributed by atoms with E-state index in [0.717, 1.165) is 9.37 Å². The number of nitrogens with one attached hydrogen (secondary N) is 3. The molecule has 212 valence electrons. The van der Waals surface area contributed by atoms with Gasteiger partial charge in [0.05, 0.1) is 10.2 Å². The van der Waals surface area contributed by atoms with E-state index in [2.05, 4.69) is 31.9 Å². The van der Waals surface area contributed by atoms with Crippen LogP contribution in [0.15, 0.2) is 118 Å². The van der Waals surface area contributed by atoms with E-state index in [1.807, 2.05) is 30.3 Å². The van der Waals surface area contributed by atoms with Crippen LogP contribution in [0.3, 0.4) is 0 Å². The Morgan fingerprint density at radius 1 is 0.857 bits per heavy atom. The fourth-order valence-electron chi connectivity index (χ4n) is 3.72. The Kier molecular flexibility index (Phi) is 10.2. The highest BCUT2D eigenvalue weighted by molar-refractivity contribution is 9.10. The van der Waals surface area contributed by atoms with Gasteiger partial charge in [-0.05, 0) is 73.2 Å². The zero-order valence-corrected chi connectivity index (χ0v) is 24.6. The largest absolute Gasteiger partial charge is 0.325 e. The Hall–Kier alpha value is -4.74. The maximum absolute atomic E-state index is 13.4. The van der Waals surface area contributed by atoms with Crippen LogP contribution in [-0.4, -0.2) is 27.9 Å². The SMILES string of the molecule is CC(Sc1cccc(NC(=O)/C(=C\c2cccc(Br)c2)NC(=O)c2ccccc2)c1)C(=O)Nc1ccc([N+](=O)[O-])cc1. The molecule has 0 saturated heterocycles. The summed E-state index contributed by atoms with van der Waals surface area (Å²) in [7, 11) is 0. The molecular formula is C31H25BrN4O5S. The molecule has 0 spiro atoms. The monoisotopic (exact) mass is 644 g/mol. The molecule has 0 fully saturated rings. The third-order valence-electron chi connectivity index (χ3n) is 5.81. The van der Waals surface area contributed by atoms with Gasteiger partial charge in [0.15, 0.2) is 0 Å². The standard InChI is InChI=1S/C31H25BrN4O5S/c1-20(29(37)33-24-13-15-26(16-14-24)36(40)41)42-27-12-6-11-25(19-27)34-31(39)28(18-21-7-5-10-23(32)17-21)35-30(38)22-8-3-2-4-9-22/h2-20H,1H3,(H,33,37)(H,34,39)(H,35,38)/b28-18+. The van der Waals surface area contributed by atoms with Crippen molar-refractivity contribution in [1.29, 1.82) is 0 Å². The number of nitro benzene ring substituents is 1. The summed E-state index contributed by atoms with van der Waals surface area (Å²) in [4.78, 5) is 50.0. The van der Waals surface area contributed by atoms with Gasteiger partial charge in [-0.15, -0.1) is 11.8 Å². The topological polar surface area (TPSA) is 130 Å². The maximum Gasteiger partial charge on any atom is 0.272 e. The Morgan fingerprint density at radius 3 is 2.26 bits per heavy atom. The zero-order chi connectivity index (χ0) is 30.1. The van der Waals surface area contributed by atoms with Crippen LogP contribution >= 0.6 is 27.7 Å². The van der Waals surface area contributed by atoms with Crippen LogP contribution in [0.5, 0.6) is 0 Å². The van der Waals surface area contributed by atoms with Gasteiger partial charge in [0, 0.05) is 38.4 Å². The highest BCUT2D eigenvalue weighted by Gasteiger charge is 2.18. The van der Waals surface area contributed by atoms with Crippen molar-refractivity contribution in [3.63, 3.8) is 0 Å². The van der Waals surface area contributed by atoms with Gasteiger partial charge in [0.2, 0.25) is 5.91 Å². The third kappa shape index (κ3) is 8.63. The van der Waals surface area contributed by atoms with Crippen LogP contribution in [0.1, 0.15) is 22.8 Å². The van der Waals surface area contributed by atoms with E-state index in [9.17, 15) is 24.5 Å². The van der Waals surface area contributed by atoms with Crippen molar-refractivity contribution >= 4 is 68.6 Å². The van der Waals surface area contributed by atoms with Crippen LogP contribution < -0.4 is 16.0 Å². The molecule has 4 aromatic rings. The van der Waals surface area contributed by atoms with Crippen LogP contribution in [0.2, 0.25) is 0 Å². The first-order chi connectivity index (χ1) is 20.2. The van der Waals surface area contributed by atoms with Crippen molar-refractivity contribution < 1.29 is 19.3 Å². The van der Waals surface area contributed by atoms with Gasteiger partial charge in [-0.1, -0.05) is 52.3 Å². The number of halogens is 1. The molecule has 4 rings (SSSR count). The lowest BCUT2D eigenvalue weighted by atomic mass is 10.1. The van der Waals surface area contributed by atoms with E-state index in [1.54, 1.807) is 61.5 Å². The Labute approximate surface area is 254 Å². The predicted molar refractivity (Wildman–Crippen MR) is 168 cm³/mol. The lowest BCUT2D eigenvalue weighted by molar-refractivity contribution is -0.384. The average molecular weight is 646 g/mol. The van der Waals surface area contributed by atoms with Gasteiger partial charge in [-0.2, -0.15) is 0 Å². The number of hydrogen-bond acceptors (Lipinski definition) is 6. The molecule has 0 aliphatic rings. The van der Waals surface area contributed by atoms with E-state index in [1.165, 1.54) is 36.0 Å². The zero-order valence-electron chi connectivity index (χ0n) is 22.2. The van der Waals surface area contributed by atoms with Gasteiger partial charge in [-0.25, -0.2) is 0 Å². The molecule has 0 aromatic heterocycles. The fourth-order valence-corrected chi connectivity index (χ4v) is 5.06. The number of hydrogen-bond donors (Lipinski definition) is 3. The summed E-state index contributed by atoms with van der Waals surface area (Å²) in [5.41, 5.74) is 2.02. The summed E-state index contributed by atoms with van der Waals surface area (Å²) in [6, 6.07) is 28.5. The van der Waals surface area contributed by atoms with Gasteiger partial charge < -0.3 is 16.0 Å². The molecule has 3 N–H and O–H groups in total. The molecule has 0 aliphatic carbocycles. The number of rotatable bonds is 10. The molecule has 0 saturated carbocycles. The highest BCUT2D eigenvalue weighted by Crippen LogP contribution is 2.27. The number of benzene rings is 4. The molecule has 4 aromatic carbocycles. The van der Waals surface area contributed by atoms with Crippen molar-refractivity contribution in [2.75, 3.05) is 10.6 Å². The van der Waals surface area contributed by atoms with Crippen molar-refractivity contribution in [2.45, 2.75) is 17.1 Å². The number of non-ortho nitro benzene ring substituents is 1. The Balaban J connectivity index is 1.46. The normalized spacial score (nSPS) is 11.7. The number of anilines is 2. The summed E-state index contributed by atoms with van der Waals surface area (Å²) in [6.07, 6.45) is 1.59. The van der Waals surface area contributed by atoms with Gasteiger partial charge in [-0.3, -0.25) is 24.5 Å². The second kappa shape index (κ2) is 14.2. The average Bonchev–Trinajstić information content (AvgIpc) is 2.97. The van der Waals surface area contributed by atoms with Gasteiger partial charge in [0.25, 0.3) is 17.5 Å². The third-order valence-corrected chi connectivity index (χ3v) is 7.40. The molecule has 1 atom stereocenters. The lowest BCUT2D eigenvalue weighted by Gasteiger charge is -2.14. The van der Waals surface area contributed by atoms with E-state index >= 15 is 0 Å². The molecule has 1 unspecified atom stereocenters. The van der Waals surface area contributed by atoms with Crippen LogP contribution in [-0.2, 0) is 9.59 Å². The minimum Gasteiger partial charge on any atom is -0.325 e. The molecular weight excluding hydrogens is 620 g/mol. The van der Waals surface area contributed by atoms with Crippen LogP contribution in [0.25, 0.3) is 6.08 Å². The first-order valence-electron chi connectivity index (χ1n) is 12.6. The number of carbonyl (C=O) groups excluding carboxylic acids is 3. The maximum atomic E-state index is 13.4. The Bertz CT molecular complexity index is 1640. The molecule has 0 bridgehead atoms. The summed E-state index contributed by atoms with van der Waals surface area (Å²) < 4.78 is 0.821. The van der Waals surface area contributed by atoms with Crippen molar-refractivity contribution in [1.82, 2.24) is 5.32 Å². The molecule has 0 aliphatic heterocycles. The summed E-state index contributed by atoms with van der Waals surface area (Å²) in [5.74, 6) is -1.24. The first kappa shape index (κ1) is 30.2. The van der Waals surface area contributed by atoms with Crippen molar-refractivity contribution in [2.24, 2.45) is 0 Å². The summed E-state index contributed by atoms with van der Waals surface area (Å²) >= 11 is 4.70. The van der Waals surface area contributed by atoms with E-state index < -0.39 is 22.0 Å². The van der Waals surface area contributed by atoms with E-state index in [0.29, 0.717) is 22.5 Å².